The standard InChI is InChI=1S/C22H25NO2/c23-16-11-9-15(10-12-16)13-22(24)25-14-21-19-7-3-1-5-17(19)18-6-2-4-8-20(18)21/h1-8,15-16,21H,9-14,23H2. The van der Waals surface area contributed by atoms with Gasteiger partial charge in [-0.2, -0.15) is 0 Å². The molecule has 0 bridgehead atoms. The highest BCUT2D eigenvalue weighted by atomic mass is 16.5. The van der Waals surface area contributed by atoms with Crippen molar-refractivity contribution < 1.29 is 9.53 Å². The molecule has 2 aromatic carbocycles. The van der Waals surface area contributed by atoms with E-state index in [1.54, 1.807) is 0 Å². The van der Waals surface area contributed by atoms with Gasteiger partial charge in [-0.1, -0.05) is 48.5 Å². The van der Waals surface area contributed by atoms with Gasteiger partial charge in [-0.3, -0.25) is 4.79 Å². The molecular formula is C22H25NO2. The number of hydrogen-bond donors (Lipinski definition) is 1. The summed E-state index contributed by atoms with van der Waals surface area (Å²) in [6.45, 7) is 0.430. The molecule has 1 fully saturated rings. The molecular weight excluding hydrogens is 310 g/mol. The summed E-state index contributed by atoms with van der Waals surface area (Å²) < 4.78 is 5.70. The Bertz CT molecular complexity index is 717. The fourth-order valence-corrected chi connectivity index (χ4v) is 4.30. The van der Waals surface area contributed by atoms with E-state index in [4.69, 9.17) is 10.5 Å². The average Bonchev–Trinajstić information content (AvgIpc) is 2.96. The van der Waals surface area contributed by atoms with Gasteiger partial charge in [0.15, 0.2) is 0 Å². The van der Waals surface area contributed by atoms with Crippen LogP contribution < -0.4 is 5.73 Å². The maximum Gasteiger partial charge on any atom is 0.306 e. The second-order valence-corrected chi connectivity index (χ2v) is 7.40. The van der Waals surface area contributed by atoms with Gasteiger partial charge in [-0.15, -0.1) is 0 Å². The molecule has 0 amide bonds. The Balaban J connectivity index is 1.42. The summed E-state index contributed by atoms with van der Waals surface area (Å²) in [5.74, 6) is 0.522. The molecule has 3 nitrogen and oxygen atoms in total. The Labute approximate surface area is 149 Å². The monoisotopic (exact) mass is 335 g/mol. The number of rotatable bonds is 4. The van der Waals surface area contributed by atoms with Crippen molar-refractivity contribution in [3.05, 3.63) is 59.7 Å². The molecule has 0 radical (unpaired) electrons. The number of carbonyl (C=O) groups is 1. The summed E-state index contributed by atoms with van der Waals surface area (Å²) >= 11 is 0. The first-order chi connectivity index (χ1) is 12.2. The second kappa shape index (κ2) is 7.01. The first kappa shape index (κ1) is 16.3. The third-order valence-electron chi connectivity index (χ3n) is 5.72. The molecule has 1 saturated carbocycles. The fourth-order valence-electron chi connectivity index (χ4n) is 4.30. The molecule has 2 aliphatic carbocycles. The Hall–Kier alpha value is -2.13. The van der Waals surface area contributed by atoms with Crippen LogP contribution in [0.4, 0.5) is 0 Å². The lowest BCUT2D eigenvalue weighted by atomic mass is 9.84. The summed E-state index contributed by atoms with van der Waals surface area (Å²) in [6.07, 6.45) is 4.68. The number of ether oxygens (including phenoxy) is 1. The van der Waals surface area contributed by atoms with Gasteiger partial charge in [0, 0.05) is 18.4 Å². The molecule has 2 aliphatic rings. The van der Waals surface area contributed by atoms with Crippen LogP contribution in [-0.2, 0) is 9.53 Å². The largest absolute Gasteiger partial charge is 0.465 e. The zero-order chi connectivity index (χ0) is 17.2. The van der Waals surface area contributed by atoms with E-state index in [9.17, 15) is 4.79 Å². The minimum absolute atomic E-state index is 0.0673. The van der Waals surface area contributed by atoms with Crippen molar-refractivity contribution in [1.82, 2.24) is 0 Å². The summed E-state index contributed by atoms with van der Waals surface area (Å²) in [4.78, 5) is 12.3. The van der Waals surface area contributed by atoms with Crippen LogP contribution in [0.3, 0.4) is 0 Å². The van der Waals surface area contributed by atoms with Crippen LogP contribution in [0.15, 0.2) is 48.5 Å². The van der Waals surface area contributed by atoms with Crippen molar-refractivity contribution in [2.75, 3.05) is 6.61 Å². The molecule has 4 rings (SSSR count). The van der Waals surface area contributed by atoms with Gasteiger partial charge in [0.1, 0.15) is 6.61 Å². The number of fused-ring (bicyclic) bond motifs is 3. The van der Waals surface area contributed by atoms with Gasteiger partial charge in [0.05, 0.1) is 0 Å². The predicted molar refractivity (Wildman–Crippen MR) is 99.2 cm³/mol. The SMILES string of the molecule is NC1CCC(CC(=O)OCC2c3ccccc3-c3ccccc32)CC1. The first-order valence-electron chi connectivity index (χ1n) is 9.32. The molecule has 25 heavy (non-hydrogen) atoms. The molecule has 2 aromatic rings. The van der Waals surface area contributed by atoms with Crippen LogP contribution in [0.2, 0.25) is 0 Å². The second-order valence-electron chi connectivity index (χ2n) is 7.40. The molecule has 0 aromatic heterocycles. The van der Waals surface area contributed by atoms with Crippen LogP contribution in [0.25, 0.3) is 11.1 Å². The number of esters is 1. The Morgan fingerprint density at radius 1 is 0.920 bits per heavy atom. The molecule has 130 valence electrons. The van der Waals surface area contributed by atoms with Crippen molar-refractivity contribution in [1.29, 1.82) is 0 Å². The van der Waals surface area contributed by atoms with E-state index in [-0.39, 0.29) is 11.9 Å². The Morgan fingerprint density at radius 3 is 2.08 bits per heavy atom. The zero-order valence-electron chi connectivity index (χ0n) is 14.5. The van der Waals surface area contributed by atoms with Crippen molar-refractivity contribution in [2.24, 2.45) is 11.7 Å². The van der Waals surface area contributed by atoms with Gasteiger partial charge in [0.25, 0.3) is 0 Å². The normalized spacial score (nSPS) is 22.3. The summed E-state index contributed by atoms with van der Waals surface area (Å²) in [6, 6.07) is 17.2. The lowest BCUT2D eigenvalue weighted by Crippen LogP contribution is -2.27. The van der Waals surface area contributed by atoms with E-state index in [2.05, 4.69) is 48.5 Å². The summed E-state index contributed by atoms with van der Waals surface area (Å²) in [5.41, 5.74) is 11.0. The number of carbonyl (C=O) groups excluding carboxylic acids is 1. The fraction of sp³-hybridized carbons (Fsp3) is 0.409. The third kappa shape index (κ3) is 3.34. The van der Waals surface area contributed by atoms with E-state index in [0.717, 1.165) is 25.7 Å². The molecule has 0 heterocycles. The van der Waals surface area contributed by atoms with Crippen molar-refractivity contribution in [3.63, 3.8) is 0 Å². The molecule has 2 N–H and O–H groups in total. The smallest absolute Gasteiger partial charge is 0.306 e. The van der Waals surface area contributed by atoms with E-state index in [1.165, 1.54) is 22.3 Å². The molecule has 0 saturated heterocycles. The first-order valence-corrected chi connectivity index (χ1v) is 9.32. The quantitative estimate of drug-likeness (QED) is 0.850. The molecule has 0 unspecified atom stereocenters. The van der Waals surface area contributed by atoms with Crippen molar-refractivity contribution in [3.8, 4) is 11.1 Å². The molecule has 0 spiro atoms. The third-order valence-corrected chi connectivity index (χ3v) is 5.72. The lowest BCUT2D eigenvalue weighted by molar-refractivity contribution is -0.145. The van der Waals surface area contributed by atoms with Gasteiger partial charge in [-0.05, 0) is 53.9 Å². The summed E-state index contributed by atoms with van der Waals surface area (Å²) in [7, 11) is 0. The topological polar surface area (TPSA) is 52.3 Å². The van der Waals surface area contributed by atoms with Crippen molar-refractivity contribution >= 4 is 5.97 Å². The summed E-state index contributed by atoms with van der Waals surface area (Å²) in [5, 5.41) is 0. The van der Waals surface area contributed by atoms with E-state index in [0.29, 0.717) is 25.0 Å². The molecule has 0 aliphatic heterocycles. The number of nitrogens with two attached hydrogens (primary N) is 1. The molecule has 0 atom stereocenters. The zero-order valence-corrected chi connectivity index (χ0v) is 14.5. The van der Waals surface area contributed by atoms with Gasteiger partial charge < -0.3 is 10.5 Å². The van der Waals surface area contributed by atoms with Crippen molar-refractivity contribution in [2.45, 2.75) is 44.1 Å². The highest BCUT2D eigenvalue weighted by Crippen LogP contribution is 2.44. The van der Waals surface area contributed by atoms with E-state index in [1.807, 2.05) is 0 Å². The Morgan fingerprint density at radius 2 is 1.48 bits per heavy atom. The van der Waals surface area contributed by atoms with E-state index < -0.39 is 0 Å². The van der Waals surface area contributed by atoms with Gasteiger partial charge >= 0.3 is 5.97 Å². The maximum atomic E-state index is 12.3. The minimum atomic E-state index is -0.0673. The Kier molecular flexibility index (Phi) is 4.58. The lowest BCUT2D eigenvalue weighted by Gasteiger charge is -2.25. The van der Waals surface area contributed by atoms with Crippen LogP contribution in [0.1, 0.15) is 49.1 Å². The van der Waals surface area contributed by atoms with E-state index >= 15 is 0 Å². The van der Waals surface area contributed by atoms with Crippen LogP contribution in [0, 0.1) is 5.92 Å². The average molecular weight is 335 g/mol. The molecule has 3 heteroatoms. The van der Waals surface area contributed by atoms with Crippen LogP contribution in [-0.4, -0.2) is 18.6 Å². The predicted octanol–water partition coefficient (Wildman–Crippen LogP) is 4.25. The maximum absolute atomic E-state index is 12.3. The highest BCUT2D eigenvalue weighted by Gasteiger charge is 2.29. The van der Waals surface area contributed by atoms with Gasteiger partial charge in [-0.25, -0.2) is 0 Å². The number of benzene rings is 2. The van der Waals surface area contributed by atoms with Crippen LogP contribution in [0.5, 0.6) is 0 Å². The highest BCUT2D eigenvalue weighted by molar-refractivity contribution is 5.79. The minimum Gasteiger partial charge on any atom is -0.465 e. The number of hydrogen-bond acceptors (Lipinski definition) is 3. The van der Waals surface area contributed by atoms with Crippen LogP contribution >= 0.6 is 0 Å². The van der Waals surface area contributed by atoms with Gasteiger partial charge in [0.2, 0.25) is 0 Å².